The molecule has 2 aromatic rings. The van der Waals surface area contributed by atoms with Gasteiger partial charge in [-0.3, -0.25) is 4.79 Å². The summed E-state index contributed by atoms with van der Waals surface area (Å²) in [5, 5.41) is 11.3. The number of nitrogens with one attached hydrogen (secondary N) is 1. The largest absolute Gasteiger partial charge is 0.475 e. The van der Waals surface area contributed by atoms with Gasteiger partial charge in [-0.15, -0.1) is 11.3 Å². The van der Waals surface area contributed by atoms with Crippen molar-refractivity contribution in [3.05, 3.63) is 45.5 Å². The van der Waals surface area contributed by atoms with Crippen molar-refractivity contribution in [1.82, 2.24) is 5.32 Å². The average molecular weight is 265 g/mol. The van der Waals surface area contributed by atoms with Gasteiger partial charge in [0.25, 0.3) is 5.91 Å². The highest BCUT2D eigenvalue weighted by molar-refractivity contribution is 7.13. The van der Waals surface area contributed by atoms with E-state index in [1.165, 1.54) is 23.5 Å². The number of amides is 1. The summed E-state index contributed by atoms with van der Waals surface area (Å²) >= 11 is 1.40. The predicted molar refractivity (Wildman–Crippen MR) is 65.9 cm³/mol. The third-order valence-corrected chi connectivity index (χ3v) is 3.26. The first-order valence-corrected chi connectivity index (χ1v) is 6.04. The molecule has 6 heteroatoms. The first-order chi connectivity index (χ1) is 8.56. The van der Waals surface area contributed by atoms with Gasteiger partial charge in [0, 0.05) is 4.88 Å². The molecule has 2 rings (SSSR count). The van der Waals surface area contributed by atoms with Crippen molar-refractivity contribution in [2.45, 2.75) is 13.5 Å². The third kappa shape index (κ3) is 2.78. The molecular formula is C12H11NO4S. The maximum absolute atomic E-state index is 11.7. The van der Waals surface area contributed by atoms with Crippen LogP contribution in [0.3, 0.4) is 0 Å². The van der Waals surface area contributed by atoms with E-state index >= 15 is 0 Å². The summed E-state index contributed by atoms with van der Waals surface area (Å²) in [5.74, 6) is -1.04. The zero-order valence-electron chi connectivity index (χ0n) is 9.60. The molecule has 0 bridgehead atoms. The number of aryl methyl sites for hydroxylation is 1. The minimum Gasteiger partial charge on any atom is -0.475 e. The fraction of sp³-hybridized carbons (Fsp3) is 0.167. The van der Waals surface area contributed by atoms with E-state index in [2.05, 4.69) is 5.32 Å². The van der Waals surface area contributed by atoms with Crippen LogP contribution in [0.2, 0.25) is 0 Å². The molecule has 2 aromatic heterocycles. The zero-order chi connectivity index (χ0) is 13.1. The molecule has 0 aromatic carbocycles. The maximum Gasteiger partial charge on any atom is 0.371 e. The first-order valence-electron chi connectivity index (χ1n) is 5.23. The minimum absolute atomic E-state index is 0.133. The molecule has 18 heavy (non-hydrogen) atoms. The standard InChI is InChI=1S/C12H11NO4S/c1-7-2-5-10(18-7)11(14)13-6-8-3-4-9(17-8)12(15)16/h2-5H,6H2,1H3,(H,13,14)(H,15,16). The van der Waals surface area contributed by atoms with Crippen molar-refractivity contribution in [3.63, 3.8) is 0 Å². The first kappa shape index (κ1) is 12.4. The Labute approximate surface area is 107 Å². The third-order valence-electron chi connectivity index (χ3n) is 2.26. The Bertz CT molecular complexity index is 584. The van der Waals surface area contributed by atoms with E-state index in [1.807, 2.05) is 13.0 Å². The summed E-state index contributed by atoms with van der Waals surface area (Å²) in [7, 11) is 0. The van der Waals surface area contributed by atoms with Crippen LogP contribution in [0.1, 0.15) is 30.9 Å². The highest BCUT2D eigenvalue weighted by atomic mass is 32.1. The fourth-order valence-corrected chi connectivity index (χ4v) is 2.18. The Balaban J connectivity index is 1.95. The van der Waals surface area contributed by atoms with Crippen LogP contribution in [0.25, 0.3) is 0 Å². The zero-order valence-corrected chi connectivity index (χ0v) is 10.4. The number of furan rings is 1. The van der Waals surface area contributed by atoms with Gasteiger partial charge in [-0.2, -0.15) is 0 Å². The second kappa shape index (κ2) is 5.05. The molecule has 2 N–H and O–H groups in total. The lowest BCUT2D eigenvalue weighted by Gasteiger charge is -2.00. The van der Waals surface area contributed by atoms with E-state index < -0.39 is 5.97 Å². The number of thiophene rings is 1. The van der Waals surface area contributed by atoms with Crippen LogP contribution in [0.15, 0.2) is 28.7 Å². The number of carbonyl (C=O) groups is 2. The molecule has 0 aliphatic heterocycles. The molecule has 5 nitrogen and oxygen atoms in total. The molecule has 0 unspecified atom stereocenters. The van der Waals surface area contributed by atoms with Crippen molar-refractivity contribution < 1.29 is 19.1 Å². The van der Waals surface area contributed by atoms with Crippen molar-refractivity contribution in [2.75, 3.05) is 0 Å². The van der Waals surface area contributed by atoms with Gasteiger partial charge >= 0.3 is 5.97 Å². The highest BCUT2D eigenvalue weighted by Crippen LogP contribution is 2.15. The quantitative estimate of drug-likeness (QED) is 0.888. The Morgan fingerprint density at radius 3 is 2.67 bits per heavy atom. The van der Waals surface area contributed by atoms with Gasteiger partial charge in [0.1, 0.15) is 5.76 Å². The van der Waals surface area contributed by atoms with Gasteiger partial charge in [0.15, 0.2) is 0 Å². The van der Waals surface area contributed by atoms with Gasteiger partial charge in [0.05, 0.1) is 11.4 Å². The number of carboxylic acid groups (broad SMARTS) is 1. The smallest absolute Gasteiger partial charge is 0.371 e. The second-order valence-corrected chi connectivity index (χ2v) is 4.95. The summed E-state index contributed by atoms with van der Waals surface area (Å²) in [6, 6.07) is 6.51. The van der Waals surface area contributed by atoms with E-state index in [0.717, 1.165) is 4.88 Å². The maximum atomic E-state index is 11.7. The lowest BCUT2D eigenvalue weighted by atomic mass is 10.4. The van der Waals surface area contributed by atoms with Crippen LogP contribution in [0.4, 0.5) is 0 Å². The molecule has 0 radical (unpaired) electrons. The molecular weight excluding hydrogens is 254 g/mol. The van der Waals surface area contributed by atoms with Crippen molar-refractivity contribution in [1.29, 1.82) is 0 Å². The molecule has 1 amide bonds. The Morgan fingerprint density at radius 1 is 1.33 bits per heavy atom. The fourth-order valence-electron chi connectivity index (χ4n) is 1.40. The van der Waals surface area contributed by atoms with E-state index in [0.29, 0.717) is 10.6 Å². The number of carboxylic acids is 1. The molecule has 0 atom stereocenters. The van der Waals surface area contributed by atoms with E-state index in [-0.39, 0.29) is 18.2 Å². The van der Waals surface area contributed by atoms with Crippen molar-refractivity contribution >= 4 is 23.2 Å². The monoisotopic (exact) mass is 265 g/mol. The summed E-state index contributed by atoms with van der Waals surface area (Å²) in [5.41, 5.74) is 0. The Kier molecular flexibility index (Phi) is 3.47. The molecule has 0 aliphatic rings. The van der Waals surface area contributed by atoms with Gasteiger partial charge in [-0.05, 0) is 31.2 Å². The normalized spacial score (nSPS) is 10.3. The number of hydrogen-bond donors (Lipinski definition) is 2. The van der Waals surface area contributed by atoms with Gasteiger partial charge in [0.2, 0.25) is 5.76 Å². The number of hydrogen-bond acceptors (Lipinski definition) is 4. The van der Waals surface area contributed by atoms with Crippen molar-refractivity contribution in [2.24, 2.45) is 0 Å². The summed E-state index contributed by atoms with van der Waals surface area (Å²) in [6.07, 6.45) is 0. The van der Waals surface area contributed by atoms with Crippen LogP contribution in [0.5, 0.6) is 0 Å². The number of rotatable bonds is 4. The van der Waals surface area contributed by atoms with Crippen LogP contribution >= 0.6 is 11.3 Å². The van der Waals surface area contributed by atoms with E-state index in [9.17, 15) is 9.59 Å². The molecule has 0 fully saturated rings. The predicted octanol–water partition coefficient (Wildman–Crippen LogP) is 2.28. The lowest BCUT2D eigenvalue weighted by molar-refractivity contribution is 0.0660. The summed E-state index contributed by atoms with van der Waals surface area (Å²) in [6.45, 7) is 2.09. The average Bonchev–Trinajstić information content (AvgIpc) is 2.94. The van der Waals surface area contributed by atoms with Crippen molar-refractivity contribution in [3.8, 4) is 0 Å². The molecule has 2 heterocycles. The Morgan fingerprint density at radius 2 is 2.11 bits per heavy atom. The topological polar surface area (TPSA) is 79.5 Å². The highest BCUT2D eigenvalue weighted by Gasteiger charge is 2.11. The molecule has 0 saturated carbocycles. The van der Waals surface area contributed by atoms with Crippen LogP contribution in [0, 0.1) is 6.92 Å². The SMILES string of the molecule is Cc1ccc(C(=O)NCc2ccc(C(=O)O)o2)s1. The van der Waals surface area contributed by atoms with Crippen LogP contribution < -0.4 is 5.32 Å². The molecule has 94 valence electrons. The van der Waals surface area contributed by atoms with Gasteiger partial charge < -0.3 is 14.8 Å². The van der Waals surface area contributed by atoms with Gasteiger partial charge in [-0.25, -0.2) is 4.79 Å². The van der Waals surface area contributed by atoms with Crippen LogP contribution in [-0.2, 0) is 6.54 Å². The summed E-state index contributed by atoms with van der Waals surface area (Å²) in [4.78, 5) is 24.0. The van der Waals surface area contributed by atoms with Gasteiger partial charge in [-0.1, -0.05) is 0 Å². The number of carbonyl (C=O) groups excluding carboxylic acids is 1. The second-order valence-electron chi connectivity index (χ2n) is 3.66. The van der Waals surface area contributed by atoms with E-state index in [1.54, 1.807) is 6.07 Å². The molecule has 0 spiro atoms. The summed E-state index contributed by atoms with van der Waals surface area (Å²) < 4.78 is 5.03. The lowest BCUT2D eigenvalue weighted by Crippen LogP contribution is -2.21. The molecule has 0 aliphatic carbocycles. The number of aromatic carboxylic acids is 1. The minimum atomic E-state index is -1.12. The Hall–Kier alpha value is -2.08. The van der Waals surface area contributed by atoms with E-state index in [4.69, 9.17) is 9.52 Å². The molecule has 0 saturated heterocycles. The van der Waals surface area contributed by atoms with Crippen LogP contribution in [-0.4, -0.2) is 17.0 Å².